The van der Waals surface area contributed by atoms with E-state index in [0.29, 0.717) is 13.1 Å². The molecule has 2 amide bonds. The molecule has 5 nitrogen and oxygen atoms in total. The lowest BCUT2D eigenvalue weighted by atomic mass is 9.95. The normalized spacial score (nSPS) is 19.9. The molecule has 0 bridgehead atoms. The third-order valence-corrected chi connectivity index (χ3v) is 3.92. The van der Waals surface area contributed by atoms with Crippen LogP contribution in [0.4, 0.5) is 5.69 Å². The molecular formula is C16H23N3O2. The zero-order valence-corrected chi connectivity index (χ0v) is 12.4. The number of nitrogens with one attached hydrogen (secondary N) is 1. The Labute approximate surface area is 125 Å². The number of hydrogen-bond acceptors (Lipinski definition) is 3. The summed E-state index contributed by atoms with van der Waals surface area (Å²) in [5.74, 6) is -0.289. The van der Waals surface area contributed by atoms with Gasteiger partial charge in [-0.2, -0.15) is 0 Å². The highest BCUT2D eigenvalue weighted by molar-refractivity contribution is 5.93. The summed E-state index contributed by atoms with van der Waals surface area (Å²) in [6, 6.07) is 9.40. The van der Waals surface area contributed by atoms with Gasteiger partial charge in [0.2, 0.25) is 11.8 Å². The van der Waals surface area contributed by atoms with E-state index in [4.69, 9.17) is 5.73 Å². The Morgan fingerprint density at radius 2 is 2.10 bits per heavy atom. The number of likely N-dealkylation sites (tertiary alicyclic amines) is 1. The molecule has 3 N–H and O–H groups in total. The summed E-state index contributed by atoms with van der Waals surface area (Å²) in [6.45, 7) is 3.38. The van der Waals surface area contributed by atoms with Crippen molar-refractivity contribution in [2.75, 3.05) is 25.0 Å². The van der Waals surface area contributed by atoms with Gasteiger partial charge in [-0.15, -0.1) is 0 Å². The average molecular weight is 289 g/mol. The molecule has 1 aliphatic heterocycles. The summed E-state index contributed by atoms with van der Waals surface area (Å²) in [5, 5.41) is 2.91. The van der Waals surface area contributed by atoms with E-state index in [-0.39, 0.29) is 23.7 Å². The van der Waals surface area contributed by atoms with Crippen molar-refractivity contribution in [3.8, 4) is 0 Å². The lowest BCUT2D eigenvalue weighted by molar-refractivity contribution is -0.137. The molecule has 2 rings (SSSR count). The van der Waals surface area contributed by atoms with Crippen molar-refractivity contribution < 1.29 is 9.59 Å². The van der Waals surface area contributed by atoms with Gasteiger partial charge < -0.3 is 16.0 Å². The smallest absolute Gasteiger partial charge is 0.229 e. The van der Waals surface area contributed by atoms with E-state index >= 15 is 0 Å². The van der Waals surface area contributed by atoms with Crippen LogP contribution in [0.2, 0.25) is 0 Å². The van der Waals surface area contributed by atoms with Gasteiger partial charge in [0.1, 0.15) is 0 Å². The number of amides is 2. The lowest BCUT2D eigenvalue weighted by Crippen LogP contribution is -2.46. The second kappa shape index (κ2) is 7.22. The summed E-state index contributed by atoms with van der Waals surface area (Å²) in [7, 11) is 0. The fourth-order valence-electron chi connectivity index (χ4n) is 2.57. The van der Waals surface area contributed by atoms with E-state index in [1.807, 2.05) is 37.3 Å². The van der Waals surface area contributed by atoms with Crippen LogP contribution >= 0.6 is 0 Å². The number of rotatable bonds is 4. The van der Waals surface area contributed by atoms with Gasteiger partial charge in [0.25, 0.3) is 0 Å². The number of nitrogens with zero attached hydrogens (tertiary/aromatic N) is 1. The highest BCUT2D eigenvalue weighted by atomic mass is 16.2. The number of benzene rings is 1. The molecule has 21 heavy (non-hydrogen) atoms. The van der Waals surface area contributed by atoms with Gasteiger partial charge in [-0.25, -0.2) is 0 Å². The number of carbonyl (C=O) groups excluding carboxylic acids is 2. The van der Waals surface area contributed by atoms with Gasteiger partial charge in [0, 0.05) is 31.2 Å². The number of hydrogen-bond donors (Lipinski definition) is 2. The van der Waals surface area contributed by atoms with E-state index in [9.17, 15) is 9.59 Å². The van der Waals surface area contributed by atoms with E-state index < -0.39 is 0 Å². The molecule has 1 fully saturated rings. The minimum atomic E-state index is -0.180. The summed E-state index contributed by atoms with van der Waals surface area (Å²) < 4.78 is 0. The zero-order valence-electron chi connectivity index (χ0n) is 12.4. The molecule has 0 radical (unpaired) electrons. The first-order valence-electron chi connectivity index (χ1n) is 7.46. The molecule has 1 saturated heterocycles. The van der Waals surface area contributed by atoms with Crippen LogP contribution in [0.25, 0.3) is 0 Å². The SMILES string of the molecule is CC(CN)C(=O)N1CCCC(C(=O)Nc2ccccc2)C1. The summed E-state index contributed by atoms with van der Waals surface area (Å²) in [4.78, 5) is 26.2. The third-order valence-electron chi connectivity index (χ3n) is 3.92. The fourth-order valence-corrected chi connectivity index (χ4v) is 2.57. The minimum absolute atomic E-state index is 0.0147. The fraction of sp³-hybridized carbons (Fsp3) is 0.500. The second-order valence-corrected chi connectivity index (χ2v) is 5.62. The molecule has 1 aromatic carbocycles. The molecule has 0 saturated carbocycles. The van der Waals surface area contributed by atoms with Crippen molar-refractivity contribution in [1.82, 2.24) is 4.90 Å². The predicted molar refractivity (Wildman–Crippen MR) is 82.6 cm³/mol. The molecule has 1 aromatic rings. The number of anilines is 1. The van der Waals surface area contributed by atoms with Crippen molar-refractivity contribution in [2.45, 2.75) is 19.8 Å². The molecule has 2 unspecified atom stereocenters. The number of piperidine rings is 1. The van der Waals surface area contributed by atoms with Gasteiger partial charge in [-0.1, -0.05) is 25.1 Å². The van der Waals surface area contributed by atoms with Gasteiger partial charge in [0.15, 0.2) is 0 Å². The zero-order chi connectivity index (χ0) is 15.2. The van der Waals surface area contributed by atoms with Crippen molar-refractivity contribution in [3.63, 3.8) is 0 Å². The number of para-hydroxylation sites is 1. The maximum absolute atomic E-state index is 12.3. The standard InChI is InChI=1S/C16H23N3O2/c1-12(10-17)16(21)19-9-5-6-13(11-19)15(20)18-14-7-3-2-4-8-14/h2-4,7-8,12-13H,5-6,9-11,17H2,1H3,(H,18,20). The molecule has 114 valence electrons. The Morgan fingerprint density at radius 1 is 1.38 bits per heavy atom. The molecule has 0 aliphatic carbocycles. The number of nitrogens with two attached hydrogens (primary N) is 1. The summed E-state index contributed by atoms with van der Waals surface area (Å²) in [5.41, 5.74) is 6.34. The Morgan fingerprint density at radius 3 is 2.76 bits per heavy atom. The van der Waals surface area contributed by atoms with Crippen LogP contribution in [-0.2, 0) is 9.59 Å². The van der Waals surface area contributed by atoms with Gasteiger partial charge in [-0.05, 0) is 25.0 Å². The summed E-state index contributed by atoms with van der Waals surface area (Å²) >= 11 is 0. The lowest BCUT2D eigenvalue weighted by Gasteiger charge is -2.33. The first-order chi connectivity index (χ1) is 10.1. The average Bonchev–Trinajstić information content (AvgIpc) is 2.54. The molecule has 0 spiro atoms. The highest BCUT2D eigenvalue weighted by Crippen LogP contribution is 2.20. The minimum Gasteiger partial charge on any atom is -0.342 e. The Bertz CT molecular complexity index is 490. The largest absolute Gasteiger partial charge is 0.342 e. The van der Waals surface area contributed by atoms with Crippen LogP contribution in [0.3, 0.4) is 0 Å². The first-order valence-corrected chi connectivity index (χ1v) is 7.46. The Balaban J connectivity index is 1.94. The summed E-state index contributed by atoms with van der Waals surface area (Å²) in [6.07, 6.45) is 1.68. The monoisotopic (exact) mass is 289 g/mol. The Kier molecular flexibility index (Phi) is 5.33. The van der Waals surface area contributed by atoms with Gasteiger partial charge in [-0.3, -0.25) is 9.59 Å². The van der Waals surface area contributed by atoms with E-state index in [1.54, 1.807) is 4.90 Å². The topological polar surface area (TPSA) is 75.4 Å². The van der Waals surface area contributed by atoms with Gasteiger partial charge in [0.05, 0.1) is 5.92 Å². The molecule has 0 aromatic heterocycles. The first kappa shape index (κ1) is 15.5. The second-order valence-electron chi connectivity index (χ2n) is 5.62. The molecular weight excluding hydrogens is 266 g/mol. The molecule has 5 heteroatoms. The highest BCUT2D eigenvalue weighted by Gasteiger charge is 2.29. The van der Waals surface area contributed by atoms with Crippen LogP contribution in [0, 0.1) is 11.8 Å². The number of carbonyl (C=O) groups is 2. The molecule has 2 atom stereocenters. The molecule has 1 heterocycles. The molecule has 1 aliphatic rings. The quantitative estimate of drug-likeness (QED) is 0.881. The maximum Gasteiger partial charge on any atom is 0.229 e. The van der Waals surface area contributed by atoms with Crippen LogP contribution in [0.5, 0.6) is 0 Å². The van der Waals surface area contributed by atoms with E-state index in [2.05, 4.69) is 5.32 Å². The third kappa shape index (κ3) is 4.04. The van der Waals surface area contributed by atoms with Gasteiger partial charge >= 0.3 is 0 Å². The van der Waals surface area contributed by atoms with Crippen molar-refractivity contribution in [3.05, 3.63) is 30.3 Å². The van der Waals surface area contributed by atoms with E-state index in [0.717, 1.165) is 25.1 Å². The van der Waals surface area contributed by atoms with Crippen molar-refractivity contribution in [2.24, 2.45) is 17.6 Å². The maximum atomic E-state index is 12.3. The van der Waals surface area contributed by atoms with Crippen LogP contribution in [0.15, 0.2) is 30.3 Å². The van der Waals surface area contributed by atoms with E-state index in [1.165, 1.54) is 0 Å². The van der Waals surface area contributed by atoms with Crippen LogP contribution in [0.1, 0.15) is 19.8 Å². The Hall–Kier alpha value is -1.88. The van der Waals surface area contributed by atoms with Crippen molar-refractivity contribution in [1.29, 1.82) is 0 Å². The predicted octanol–water partition coefficient (Wildman–Crippen LogP) is 1.46. The van der Waals surface area contributed by atoms with Crippen molar-refractivity contribution >= 4 is 17.5 Å². The van der Waals surface area contributed by atoms with Crippen LogP contribution < -0.4 is 11.1 Å². The van der Waals surface area contributed by atoms with Crippen LogP contribution in [-0.4, -0.2) is 36.3 Å².